The molecular formula is C17H23BrNO+. The molecule has 2 aromatic carbocycles. The summed E-state index contributed by atoms with van der Waals surface area (Å²) in [6.45, 7) is 5.38. The number of quaternary nitrogens is 1. The van der Waals surface area contributed by atoms with Gasteiger partial charge >= 0.3 is 0 Å². The Labute approximate surface area is 129 Å². The molecule has 0 saturated carbocycles. The van der Waals surface area contributed by atoms with E-state index in [-0.39, 0.29) is 0 Å². The van der Waals surface area contributed by atoms with Crippen LogP contribution in [0.4, 0.5) is 0 Å². The van der Waals surface area contributed by atoms with Gasteiger partial charge in [0.2, 0.25) is 0 Å². The van der Waals surface area contributed by atoms with E-state index >= 15 is 0 Å². The van der Waals surface area contributed by atoms with Gasteiger partial charge in [-0.15, -0.1) is 0 Å². The second kappa shape index (κ2) is 8.28. The number of rotatable bonds is 8. The van der Waals surface area contributed by atoms with Gasteiger partial charge in [-0.25, -0.2) is 0 Å². The molecule has 108 valence electrons. The van der Waals surface area contributed by atoms with Crippen molar-refractivity contribution in [1.29, 1.82) is 0 Å². The molecular weight excluding hydrogens is 314 g/mol. The van der Waals surface area contributed by atoms with E-state index in [1.807, 2.05) is 6.07 Å². The van der Waals surface area contributed by atoms with Gasteiger partial charge in [-0.3, -0.25) is 0 Å². The van der Waals surface area contributed by atoms with Gasteiger partial charge in [0.15, 0.2) is 0 Å². The van der Waals surface area contributed by atoms with Gasteiger partial charge in [0.05, 0.1) is 24.2 Å². The van der Waals surface area contributed by atoms with E-state index in [1.54, 1.807) is 0 Å². The number of unbranched alkanes of at least 4 members (excludes halogenated alkanes) is 1. The van der Waals surface area contributed by atoms with Crippen LogP contribution in [-0.2, 0) is 0 Å². The Bertz CT molecular complexity index is 542. The van der Waals surface area contributed by atoms with Crippen molar-refractivity contribution in [3.05, 3.63) is 40.9 Å². The first-order chi connectivity index (χ1) is 9.83. The summed E-state index contributed by atoms with van der Waals surface area (Å²) in [6.07, 6.45) is 3.66. The van der Waals surface area contributed by atoms with Crippen molar-refractivity contribution in [2.75, 3.05) is 19.7 Å². The third-order valence-corrected chi connectivity index (χ3v) is 4.22. The zero-order valence-electron chi connectivity index (χ0n) is 12.1. The van der Waals surface area contributed by atoms with E-state index in [1.165, 1.54) is 30.2 Å². The van der Waals surface area contributed by atoms with Gasteiger partial charge in [0.25, 0.3) is 0 Å². The van der Waals surface area contributed by atoms with Crippen molar-refractivity contribution < 1.29 is 10.1 Å². The molecule has 2 N–H and O–H groups in total. The van der Waals surface area contributed by atoms with Crippen LogP contribution in [-0.4, -0.2) is 19.7 Å². The Hall–Kier alpha value is -1.06. The summed E-state index contributed by atoms with van der Waals surface area (Å²) in [5, 5.41) is 4.82. The zero-order valence-corrected chi connectivity index (χ0v) is 13.7. The van der Waals surface area contributed by atoms with E-state index < -0.39 is 0 Å². The highest BCUT2D eigenvalue weighted by atomic mass is 79.9. The van der Waals surface area contributed by atoms with Crippen molar-refractivity contribution in [3.63, 3.8) is 0 Å². The Kier molecular flexibility index (Phi) is 6.34. The van der Waals surface area contributed by atoms with Gasteiger partial charge in [-0.2, -0.15) is 0 Å². The van der Waals surface area contributed by atoms with E-state index in [9.17, 15) is 0 Å². The first kappa shape index (κ1) is 15.3. The molecule has 0 saturated heterocycles. The molecule has 2 aromatic rings. The van der Waals surface area contributed by atoms with Crippen LogP contribution >= 0.6 is 15.9 Å². The maximum Gasteiger partial charge on any atom is 0.134 e. The number of hydrogen-bond donors (Lipinski definition) is 1. The lowest BCUT2D eigenvalue weighted by atomic mass is 10.1. The lowest BCUT2D eigenvalue weighted by Gasteiger charge is -2.10. The van der Waals surface area contributed by atoms with Crippen LogP contribution in [0, 0.1) is 0 Å². The number of benzene rings is 2. The maximum atomic E-state index is 5.88. The van der Waals surface area contributed by atoms with Gasteiger partial charge in [0, 0.05) is 6.42 Å². The van der Waals surface area contributed by atoms with Gasteiger partial charge < -0.3 is 10.1 Å². The van der Waals surface area contributed by atoms with Crippen molar-refractivity contribution in [2.45, 2.75) is 26.2 Å². The van der Waals surface area contributed by atoms with Crippen LogP contribution in [0.15, 0.2) is 40.9 Å². The molecule has 0 aliphatic heterocycles. The van der Waals surface area contributed by atoms with Crippen molar-refractivity contribution >= 4 is 26.7 Å². The molecule has 0 radical (unpaired) electrons. The van der Waals surface area contributed by atoms with E-state index in [4.69, 9.17) is 4.74 Å². The largest absolute Gasteiger partial charge is 0.492 e. The lowest BCUT2D eigenvalue weighted by molar-refractivity contribution is -0.655. The SMILES string of the molecule is CCCC[NH2+]CCCOc1ccc2ccccc2c1Br. The number of ether oxygens (including phenoxy) is 1. The third-order valence-electron chi connectivity index (χ3n) is 3.40. The molecule has 0 amide bonds. The maximum absolute atomic E-state index is 5.88. The minimum absolute atomic E-state index is 0.777. The fraction of sp³-hybridized carbons (Fsp3) is 0.412. The standard InChI is InChI=1S/C17H22BrNO/c1-2-3-11-19-12-6-13-20-16-10-9-14-7-4-5-8-15(14)17(16)18/h4-5,7-10,19H,2-3,6,11-13H2,1H3/p+1. The summed E-state index contributed by atoms with van der Waals surface area (Å²) < 4.78 is 6.95. The quantitative estimate of drug-likeness (QED) is 0.730. The molecule has 2 nitrogen and oxygen atoms in total. The number of nitrogens with two attached hydrogens (primary N) is 1. The summed E-state index contributed by atoms with van der Waals surface area (Å²) in [7, 11) is 0. The van der Waals surface area contributed by atoms with Crippen molar-refractivity contribution in [1.82, 2.24) is 0 Å². The first-order valence-corrected chi connectivity index (χ1v) is 8.24. The molecule has 0 spiro atoms. The zero-order chi connectivity index (χ0) is 14.2. The third kappa shape index (κ3) is 4.22. The summed E-state index contributed by atoms with van der Waals surface area (Å²) in [5.74, 6) is 0.942. The molecule has 20 heavy (non-hydrogen) atoms. The van der Waals surface area contributed by atoms with Gasteiger partial charge in [-0.1, -0.05) is 43.7 Å². The highest BCUT2D eigenvalue weighted by molar-refractivity contribution is 9.10. The molecule has 0 heterocycles. The van der Waals surface area contributed by atoms with Crippen LogP contribution in [0.1, 0.15) is 26.2 Å². The van der Waals surface area contributed by atoms with Crippen LogP contribution < -0.4 is 10.1 Å². The predicted octanol–water partition coefficient (Wildman–Crippen LogP) is 3.73. The Morgan fingerprint density at radius 2 is 1.85 bits per heavy atom. The number of halogens is 1. The summed E-state index contributed by atoms with van der Waals surface area (Å²) in [5.41, 5.74) is 0. The Balaban J connectivity index is 1.83. The molecule has 0 bridgehead atoms. The van der Waals surface area contributed by atoms with Crippen LogP contribution in [0.25, 0.3) is 10.8 Å². The summed E-state index contributed by atoms with van der Waals surface area (Å²) >= 11 is 3.65. The average Bonchev–Trinajstić information content (AvgIpc) is 2.49. The Morgan fingerprint density at radius 3 is 2.70 bits per heavy atom. The van der Waals surface area contributed by atoms with E-state index in [2.05, 4.69) is 58.5 Å². The predicted molar refractivity (Wildman–Crippen MR) is 88.3 cm³/mol. The molecule has 0 aliphatic carbocycles. The molecule has 3 heteroatoms. The summed E-state index contributed by atoms with van der Waals surface area (Å²) in [4.78, 5) is 0. The second-order valence-electron chi connectivity index (χ2n) is 5.02. The number of hydrogen-bond acceptors (Lipinski definition) is 1. The molecule has 0 atom stereocenters. The van der Waals surface area contributed by atoms with Crippen molar-refractivity contribution in [3.8, 4) is 5.75 Å². The van der Waals surface area contributed by atoms with Crippen LogP contribution in [0.2, 0.25) is 0 Å². The van der Waals surface area contributed by atoms with E-state index in [0.717, 1.165) is 29.8 Å². The smallest absolute Gasteiger partial charge is 0.134 e. The van der Waals surface area contributed by atoms with Gasteiger partial charge in [0.1, 0.15) is 5.75 Å². The highest BCUT2D eigenvalue weighted by Crippen LogP contribution is 2.32. The van der Waals surface area contributed by atoms with Crippen molar-refractivity contribution in [2.24, 2.45) is 0 Å². The normalized spacial score (nSPS) is 10.9. The van der Waals surface area contributed by atoms with E-state index in [0.29, 0.717) is 0 Å². The molecule has 0 aliphatic rings. The van der Waals surface area contributed by atoms with Crippen LogP contribution in [0.3, 0.4) is 0 Å². The minimum Gasteiger partial charge on any atom is -0.492 e. The molecule has 2 rings (SSSR count). The fourth-order valence-electron chi connectivity index (χ4n) is 2.23. The van der Waals surface area contributed by atoms with Crippen LogP contribution in [0.5, 0.6) is 5.75 Å². The lowest BCUT2D eigenvalue weighted by Crippen LogP contribution is -2.84. The highest BCUT2D eigenvalue weighted by Gasteiger charge is 2.05. The van der Waals surface area contributed by atoms with Gasteiger partial charge in [-0.05, 0) is 39.2 Å². The molecule has 0 fully saturated rings. The topological polar surface area (TPSA) is 25.8 Å². The Morgan fingerprint density at radius 1 is 1.05 bits per heavy atom. The molecule has 0 unspecified atom stereocenters. The molecule has 0 aromatic heterocycles. The average molecular weight is 337 g/mol. The summed E-state index contributed by atoms with van der Waals surface area (Å²) in [6, 6.07) is 12.5. The second-order valence-corrected chi connectivity index (χ2v) is 5.81. The fourth-order valence-corrected chi connectivity index (χ4v) is 2.84. The first-order valence-electron chi connectivity index (χ1n) is 7.44. The minimum atomic E-state index is 0.777. The monoisotopic (exact) mass is 336 g/mol. The number of fused-ring (bicyclic) bond motifs is 1.